The summed E-state index contributed by atoms with van der Waals surface area (Å²) in [7, 11) is 1.24. The lowest BCUT2D eigenvalue weighted by molar-refractivity contribution is -0.177. The molecule has 2 atom stereocenters. The van der Waals surface area contributed by atoms with Gasteiger partial charge in [-0.05, 0) is 49.1 Å². The van der Waals surface area contributed by atoms with Gasteiger partial charge in [0.05, 0.1) is 13.7 Å². The van der Waals surface area contributed by atoms with E-state index in [0.717, 1.165) is 11.1 Å². The van der Waals surface area contributed by atoms with Crippen molar-refractivity contribution in [1.29, 1.82) is 0 Å². The molecule has 204 valence electrons. The first-order valence-corrected chi connectivity index (χ1v) is 12.4. The number of likely N-dealkylation sites (tertiary alicyclic amines) is 1. The normalized spacial score (nSPS) is 18.4. The molecule has 0 aromatic heterocycles. The molecule has 0 spiro atoms. The molecule has 8 nitrogen and oxygen atoms in total. The first-order chi connectivity index (χ1) is 18.1. The van der Waals surface area contributed by atoms with Crippen molar-refractivity contribution in [2.24, 2.45) is 5.73 Å². The van der Waals surface area contributed by atoms with Crippen molar-refractivity contribution in [2.45, 2.75) is 63.6 Å². The predicted molar refractivity (Wildman–Crippen MR) is 131 cm³/mol. The van der Waals surface area contributed by atoms with Crippen molar-refractivity contribution < 1.29 is 37.0 Å². The van der Waals surface area contributed by atoms with Crippen molar-refractivity contribution in [3.63, 3.8) is 0 Å². The Morgan fingerprint density at radius 1 is 1.13 bits per heavy atom. The van der Waals surface area contributed by atoms with E-state index in [9.17, 15) is 27.6 Å². The van der Waals surface area contributed by atoms with E-state index in [-0.39, 0.29) is 44.9 Å². The van der Waals surface area contributed by atoms with Crippen LogP contribution in [0.25, 0.3) is 0 Å². The lowest BCUT2D eigenvalue weighted by Crippen LogP contribution is -2.45. The molecular weight excluding hydrogens is 503 g/mol. The fourth-order valence-electron chi connectivity index (χ4n) is 5.04. The molecule has 2 aromatic rings. The van der Waals surface area contributed by atoms with Gasteiger partial charge in [0.15, 0.2) is 0 Å². The van der Waals surface area contributed by atoms with Crippen molar-refractivity contribution in [1.82, 2.24) is 9.80 Å². The highest BCUT2D eigenvalue weighted by Gasteiger charge is 2.45. The van der Waals surface area contributed by atoms with E-state index in [1.807, 2.05) is 12.1 Å². The average molecular weight is 534 g/mol. The van der Waals surface area contributed by atoms with Crippen LogP contribution in [0.1, 0.15) is 52.7 Å². The minimum Gasteiger partial charge on any atom is -0.489 e. The molecule has 0 aliphatic carbocycles. The zero-order chi connectivity index (χ0) is 27.4. The van der Waals surface area contributed by atoms with Crippen molar-refractivity contribution in [2.75, 3.05) is 13.7 Å². The number of benzene rings is 2. The summed E-state index contributed by atoms with van der Waals surface area (Å²) in [6, 6.07) is 9.89. The molecule has 0 saturated carbocycles. The third kappa shape index (κ3) is 6.09. The molecule has 2 amide bonds. The fourth-order valence-corrected chi connectivity index (χ4v) is 5.04. The molecule has 38 heavy (non-hydrogen) atoms. The number of carbonyl (C=O) groups excluding carboxylic acids is 3. The van der Waals surface area contributed by atoms with E-state index in [0.29, 0.717) is 29.8 Å². The molecule has 2 aromatic carbocycles. The van der Waals surface area contributed by atoms with E-state index >= 15 is 0 Å². The number of esters is 1. The third-order valence-electron chi connectivity index (χ3n) is 7.05. The number of ether oxygens (including phenoxy) is 2. The number of carbonyl (C=O) groups is 3. The van der Waals surface area contributed by atoms with Crippen molar-refractivity contribution in [3.05, 3.63) is 64.7 Å². The van der Waals surface area contributed by atoms with Crippen LogP contribution in [0.3, 0.4) is 0 Å². The van der Waals surface area contributed by atoms with Gasteiger partial charge in [-0.3, -0.25) is 19.3 Å². The molecule has 2 N–H and O–H groups in total. The summed E-state index contributed by atoms with van der Waals surface area (Å²) in [5.74, 6) is -1.12. The lowest BCUT2D eigenvalue weighted by Gasteiger charge is -2.26. The quantitative estimate of drug-likeness (QED) is 0.469. The van der Waals surface area contributed by atoms with Gasteiger partial charge in [-0.15, -0.1) is 0 Å². The van der Waals surface area contributed by atoms with Crippen LogP contribution in [-0.4, -0.2) is 59.5 Å². The first kappa shape index (κ1) is 27.4. The Bertz CT molecular complexity index is 1190. The van der Waals surface area contributed by atoms with Gasteiger partial charge in [-0.1, -0.05) is 30.3 Å². The number of hydrogen-bond donors (Lipinski definition) is 1. The zero-order valence-electron chi connectivity index (χ0n) is 21.0. The van der Waals surface area contributed by atoms with Crippen LogP contribution in [0, 0.1) is 0 Å². The number of hydrogen-bond acceptors (Lipinski definition) is 6. The largest absolute Gasteiger partial charge is 0.489 e. The summed E-state index contributed by atoms with van der Waals surface area (Å²) in [4.78, 5) is 39.4. The highest BCUT2D eigenvalue weighted by molar-refractivity contribution is 6.01. The van der Waals surface area contributed by atoms with Crippen LogP contribution in [0.4, 0.5) is 13.2 Å². The molecule has 0 bridgehead atoms. The highest BCUT2D eigenvalue weighted by Crippen LogP contribution is 2.35. The number of primary amides is 1. The summed E-state index contributed by atoms with van der Waals surface area (Å²) in [6.07, 6.45) is -3.58. The zero-order valence-corrected chi connectivity index (χ0v) is 21.0. The maximum Gasteiger partial charge on any atom is 0.404 e. The second-order valence-electron chi connectivity index (χ2n) is 9.52. The summed E-state index contributed by atoms with van der Waals surface area (Å²) >= 11 is 0. The monoisotopic (exact) mass is 533 g/mol. The lowest BCUT2D eigenvalue weighted by atomic mass is 10.1. The van der Waals surface area contributed by atoms with Crippen molar-refractivity contribution in [3.8, 4) is 5.75 Å². The van der Waals surface area contributed by atoms with E-state index in [4.69, 9.17) is 10.5 Å². The molecule has 11 heteroatoms. The molecule has 2 aliphatic heterocycles. The maximum atomic E-state index is 13.2. The van der Waals surface area contributed by atoms with E-state index in [1.165, 1.54) is 16.9 Å². The second kappa shape index (κ2) is 11.4. The Labute approximate surface area is 218 Å². The van der Waals surface area contributed by atoms with Crippen LogP contribution in [-0.2, 0) is 34.0 Å². The minimum atomic E-state index is -4.23. The minimum absolute atomic E-state index is 0.0470. The van der Waals surface area contributed by atoms with E-state index in [2.05, 4.69) is 4.74 Å². The number of rotatable bonds is 10. The Morgan fingerprint density at radius 3 is 2.50 bits per heavy atom. The molecule has 1 saturated heterocycles. The Kier molecular flexibility index (Phi) is 8.25. The number of amides is 2. The predicted octanol–water partition coefficient (Wildman–Crippen LogP) is 3.56. The Morgan fingerprint density at radius 2 is 1.84 bits per heavy atom. The number of alkyl halides is 3. The van der Waals surface area contributed by atoms with E-state index < -0.39 is 30.1 Å². The number of nitrogens with zero attached hydrogens (tertiary/aromatic N) is 2. The van der Waals surface area contributed by atoms with Gasteiger partial charge in [-0.25, -0.2) is 0 Å². The number of halogens is 3. The van der Waals surface area contributed by atoms with Gasteiger partial charge in [0.1, 0.15) is 24.4 Å². The number of methoxy groups -OCH3 is 1. The SMILES string of the molecule is COC(=O)CCC(C(N)=O)N1Cc2c(OCc3ccc(CN4CCC[C@H]4C(F)(F)F)cc3)cccc2C1=O. The van der Waals surface area contributed by atoms with Crippen LogP contribution >= 0.6 is 0 Å². The smallest absolute Gasteiger partial charge is 0.404 e. The van der Waals surface area contributed by atoms with Crippen LogP contribution in [0.15, 0.2) is 42.5 Å². The van der Waals surface area contributed by atoms with Crippen molar-refractivity contribution >= 4 is 17.8 Å². The molecule has 0 radical (unpaired) electrons. The molecule has 1 unspecified atom stereocenters. The molecule has 2 aliphatic rings. The Hall–Kier alpha value is -3.60. The topological polar surface area (TPSA) is 102 Å². The summed E-state index contributed by atoms with van der Waals surface area (Å²) in [6.45, 7) is 0.936. The summed E-state index contributed by atoms with van der Waals surface area (Å²) < 4.78 is 50.3. The van der Waals surface area contributed by atoms with Gasteiger partial charge in [0.25, 0.3) is 5.91 Å². The summed E-state index contributed by atoms with van der Waals surface area (Å²) in [5.41, 5.74) is 8.15. The summed E-state index contributed by atoms with van der Waals surface area (Å²) in [5, 5.41) is 0. The van der Waals surface area contributed by atoms with Gasteiger partial charge in [0.2, 0.25) is 5.91 Å². The van der Waals surface area contributed by atoms with Gasteiger partial charge in [0, 0.05) is 24.1 Å². The van der Waals surface area contributed by atoms with Gasteiger partial charge in [-0.2, -0.15) is 13.2 Å². The maximum absolute atomic E-state index is 13.2. The highest BCUT2D eigenvalue weighted by atomic mass is 19.4. The van der Waals surface area contributed by atoms with Crippen LogP contribution < -0.4 is 10.5 Å². The number of nitrogens with two attached hydrogens (primary N) is 1. The van der Waals surface area contributed by atoms with E-state index in [1.54, 1.807) is 30.3 Å². The Balaban J connectivity index is 1.40. The fraction of sp³-hybridized carbons (Fsp3) is 0.444. The molecular formula is C27H30F3N3O5. The van der Waals surface area contributed by atoms with Crippen LogP contribution in [0.5, 0.6) is 5.75 Å². The van der Waals surface area contributed by atoms with Gasteiger partial charge >= 0.3 is 12.1 Å². The molecule has 1 fully saturated rings. The first-order valence-electron chi connectivity index (χ1n) is 12.4. The molecule has 2 heterocycles. The number of fused-ring (bicyclic) bond motifs is 1. The second-order valence-corrected chi connectivity index (χ2v) is 9.52. The third-order valence-corrected chi connectivity index (χ3v) is 7.05. The standard InChI is InChI=1S/C27H30F3N3O5/c1-37-24(34)12-11-21(25(31)35)33-15-20-19(26(33)36)4-2-5-22(20)38-16-18-9-7-17(8-10-18)14-32-13-3-6-23(32)27(28,29)30/h2,4-5,7-10,21,23H,3,6,11-16H2,1H3,(H2,31,35)/t21?,23-/m0/s1. The average Bonchev–Trinajstić information content (AvgIpc) is 3.48. The van der Waals surface area contributed by atoms with Crippen LogP contribution in [0.2, 0.25) is 0 Å². The molecule has 4 rings (SSSR count). The van der Waals surface area contributed by atoms with Gasteiger partial charge < -0.3 is 20.1 Å².